The Morgan fingerprint density at radius 1 is 1.40 bits per heavy atom. The Bertz CT molecular complexity index is 516. The van der Waals surface area contributed by atoms with Gasteiger partial charge in [0, 0.05) is 11.4 Å². The quantitative estimate of drug-likeness (QED) is 0.676. The van der Waals surface area contributed by atoms with Crippen LogP contribution in [-0.4, -0.2) is 40.3 Å². The molecular weight excluding hydrogens is 302 g/mol. The average Bonchev–Trinajstić information content (AvgIpc) is 2.67. The molecule has 1 aromatic rings. The summed E-state index contributed by atoms with van der Waals surface area (Å²) in [5, 5.41) is 13.4. The number of carbonyl (C=O) groups excluding carboxylic acids is 2. The van der Waals surface area contributed by atoms with Crippen LogP contribution in [0.4, 0.5) is 4.79 Å². The van der Waals surface area contributed by atoms with E-state index in [0.29, 0.717) is 21.5 Å². The van der Waals surface area contributed by atoms with Gasteiger partial charge in [-0.2, -0.15) is 0 Å². The molecule has 0 saturated heterocycles. The third-order valence-corrected chi connectivity index (χ3v) is 4.40. The topological polar surface area (TPSA) is 108 Å². The predicted octanol–water partition coefficient (Wildman–Crippen LogP) is 1.02. The minimum Gasteiger partial charge on any atom is -0.481 e. The number of carbonyl (C=O) groups is 3. The predicted molar refractivity (Wildman–Crippen MR) is 76.1 cm³/mol. The van der Waals surface area contributed by atoms with E-state index in [1.165, 1.54) is 23.1 Å². The molecule has 0 atom stereocenters. The average molecular weight is 317 g/mol. The van der Waals surface area contributed by atoms with Crippen molar-refractivity contribution in [2.24, 2.45) is 0 Å². The number of carboxylic acids is 1. The van der Waals surface area contributed by atoms with Gasteiger partial charge in [0.1, 0.15) is 0 Å². The summed E-state index contributed by atoms with van der Waals surface area (Å²) in [6.07, 6.45) is -0.0742. The summed E-state index contributed by atoms with van der Waals surface area (Å²) in [6.45, 7) is 3.92. The number of amides is 3. The molecule has 0 aliphatic rings. The SMILES string of the molecule is CCNC(=O)NC(=O)CSc1nc(C)c(CC(=O)O)s1. The van der Waals surface area contributed by atoms with Crippen LogP contribution in [0.15, 0.2) is 4.34 Å². The smallest absolute Gasteiger partial charge is 0.321 e. The molecule has 0 radical (unpaired) electrons. The molecule has 1 rings (SSSR count). The lowest BCUT2D eigenvalue weighted by molar-refractivity contribution is -0.136. The molecule has 0 fully saturated rings. The Balaban J connectivity index is 2.47. The number of imide groups is 1. The van der Waals surface area contributed by atoms with Gasteiger partial charge in [-0.05, 0) is 13.8 Å². The van der Waals surface area contributed by atoms with E-state index >= 15 is 0 Å². The Kier molecular flexibility index (Phi) is 6.46. The zero-order valence-corrected chi connectivity index (χ0v) is 12.7. The van der Waals surface area contributed by atoms with Gasteiger partial charge in [0.25, 0.3) is 0 Å². The van der Waals surface area contributed by atoms with Crippen molar-refractivity contribution < 1.29 is 19.5 Å². The van der Waals surface area contributed by atoms with E-state index in [0.717, 1.165) is 0 Å². The molecule has 9 heteroatoms. The summed E-state index contributed by atoms with van der Waals surface area (Å²) in [7, 11) is 0. The standard InChI is InChI=1S/C11H15N3O4S2/c1-3-12-10(18)14-8(15)5-19-11-13-6(2)7(20-11)4-9(16)17/h3-5H2,1-2H3,(H,16,17)(H2,12,14,15,18). The van der Waals surface area contributed by atoms with E-state index < -0.39 is 17.9 Å². The first-order valence-electron chi connectivity index (χ1n) is 5.81. The van der Waals surface area contributed by atoms with E-state index in [1.54, 1.807) is 13.8 Å². The zero-order chi connectivity index (χ0) is 15.1. The number of hydrogen-bond acceptors (Lipinski definition) is 6. The van der Waals surface area contributed by atoms with Crippen molar-refractivity contribution in [1.82, 2.24) is 15.6 Å². The maximum absolute atomic E-state index is 11.5. The van der Waals surface area contributed by atoms with Crippen LogP contribution in [-0.2, 0) is 16.0 Å². The van der Waals surface area contributed by atoms with Crippen LogP contribution in [0.25, 0.3) is 0 Å². The lowest BCUT2D eigenvalue weighted by atomic mass is 10.3. The third-order valence-electron chi connectivity index (χ3n) is 2.10. The molecule has 20 heavy (non-hydrogen) atoms. The van der Waals surface area contributed by atoms with Gasteiger partial charge in [0.2, 0.25) is 5.91 Å². The van der Waals surface area contributed by atoms with Crippen molar-refractivity contribution in [3.63, 3.8) is 0 Å². The molecule has 0 spiro atoms. The molecule has 0 aromatic carbocycles. The minimum absolute atomic E-state index is 0.0522. The fraction of sp³-hybridized carbons (Fsp3) is 0.455. The first-order valence-corrected chi connectivity index (χ1v) is 7.61. The minimum atomic E-state index is -0.915. The molecule has 1 heterocycles. The van der Waals surface area contributed by atoms with E-state index in [2.05, 4.69) is 15.6 Å². The summed E-state index contributed by atoms with van der Waals surface area (Å²) in [6, 6.07) is -0.528. The van der Waals surface area contributed by atoms with Crippen LogP contribution < -0.4 is 10.6 Å². The zero-order valence-electron chi connectivity index (χ0n) is 11.1. The monoisotopic (exact) mass is 317 g/mol. The van der Waals surface area contributed by atoms with E-state index in [-0.39, 0.29) is 12.2 Å². The molecule has 1 aromatic heterocycles. The van der Waals surface area contributed by atoms with Crippen LogP contribution in [0.3, 0.4) is 0 Å². The van der Waals surface area contributed by atoms with Crippen molar-refractivity contribution >= 4 is 41.0 Å². The summed E-state index contributed by atoms with van der Waals surface area (Å²) in [4.78, 5) is 38.1. The molecule has 0 unspecified atom stereocenters. The molecular formula is C11H15N3O4S2. The highest BCUT2D eigenvalue weighted by Crippen LogP contribution is 2.27. The number of rotatable bonds is 6. The number of carboxylic acid groups (broad SMARTS) is 1. The van der Waals surface area contributed by atoms with Crippen molar-refractivity contribution in [2.75, 3.05) is 12.3 Å². The number of nitrogens with one attached hydrogen (secondary N) is 2. The molecule has 3 amide bonds. The number of hydrogen-bond donors (Lipinski definition) is 3. The highest BCUT2D eigenvalue weighted by atomic mass is 32.2. The molecule has 110 valence electrons. The number of aryl methyl sites for hydroxylation is 1. The fourth-order valence-electron chi connectivity index (χ4n) is 1.26. The van der Waals surface area contributed by atoms with Gasteiger partial charge in [-0.15, -0.1) is 11.3 Å². The third kappa shape index (κ3) is 5.57. The van der Waals surface area contributed by atoms with Crippen molar-refractivity contribution in [2.45, 2.75) is 24.6 Å². The fourth-order valence-corrected chi connectivity index (χ4v) is 3.28. The highest BCUT2D eigenvalue weighted by Gasteiger charge is 2.13. The number of aliphatic carboxylic acids is 1. The van der Waals surface area contributed by atoms with Crippen LogP contribution in [0.1, 0.15) is 17.5 Å². The van der Waals surface area contributed by atoms with Gasteiger partial charge in [0.15, 0.2) is 4.34 Å². The van der Waals surface area contributed by atoms with E-state index in [1.807, 2.05) is 0 Å². The molecule has 0 bridgehead atoms. The van der Waals surface area contributed by atoms with Crippen LogP contribution >= 0.6 is 23.1 Å². The van der Waals surface area contributed by atoms with Crippen LogP contribution in [0, 0.1) is 6.92 Å². The Hall–Kier alpha value is -1.61. The van der Waals surface area contributed by atoms with Crippen LogP contribution in [0.2, 0.25) is 0 Å². The number of nitrogens with zero attached hydrogens (tertiary/aromatic N) is 1. The number of urea groups is 1. The van der Waals surface area contributed by atoms with Crippen molar-refractivity contribution in [3.8, 4) is 0 Å². The molecule has 0 aliphatic heterocycles. The first kappa shape index (κ1) is 16.4. The van der Waals surface area contributed by atoms with Gasteiger partial charge in [-0.3, -0.25) is 14.9 Å². The first-order chi connectivity index (χ1) is 9.42. The van der Waals surface area contributed by atoms with Gasteiger partial charge >= 0.3 is 12.0 Å². The Morgan fingerprint density at radius 2 is 2.10 bits per heavy atom. The molecule has 3 N–H and O–H groups in total. The summed E-state index contributed by atoms with van der Waals surface area (Å²) >= 11 is 2.42. The summed E-state index contributed by atoms with van der Waals surface area (Å²) < 4.78 is 0.616. The second-order valence-corrected chi connectivity index (χ2v) is 6.06. The van der Waals surface area contributed by atoms with Crippen molar-refractivity contribution in [3.05, 3.63) is 10.6 Å². The number of thiazole rings is 1. The van der Waals surface area contributed by atoms with Crippen molar-refractivity contribution in [1.29, 1.82) is 0 Å². The van der Waals surface area contributed by atoms with Gasteiger partial charge < -0.3 is 10.4 Å². The normalized spacial score (nSPS) is 10.1. The van der Waals surface area contributed by atoms with Gasteiger partial charge in [-0.1, -0.05) is 11.8 Å². The maximum Gasteiger partial charge on any atom is 0.321 e. The lowest BCUT2D eigenvalue weighted by Crippen LogP contribution is -2.40. The number of aromatic nitrogens is 1. The van der Waals surface area contributed by atoms with Gasteiger partial charge in [0.05, 0.1) is 17.9 Å². The Labute approximate surface area is 124 Å². The summed E-state index contributed by atoms with van der Waals surface area (Å²) in [5.74, 6) is -1.28. The second-order valence-electron chi connectivity index (χ2n) is 3.76. The molecule has 0 saturated carbocycles. The van der Waals surface area contributed by atoms with Crippen LogP contribution in [0.5, 0.6) is 0 Å². The van der Waals surface area contributed by atoms with E-state index in [4.69, 9.17) is 5.11 Å². The maximum atomic E-state index is 11.5. The molecule has 0 aliphatic carbocycles. The highest BCUT2D eigenvalue weighted by molar-refractivity contribution is 8.01. The largest absolute Gasteiger partial charge is 0.481 e. The lowest BCUT2D eigenvalue weighted by Gasteiger charge is -2.03. The Morgan fingerprint density at radius 3 is 2.70 bits per heavy atom. The molecule has 7 nitrogen and oxygen atoms in total. The number of thioether (sulfide) groups is 1. The summed E-state index contributed by atoms with van der Waals surface area (Å²) in [5.41, 5.74) is 0.657. The van der Waals surface area contributed by atoms with E-state index in [9.17, 15) is 14.4 Å². The second kappa shape index (κ2) is 7.85. The van der Waals surface area contributed by atoms with Gasteiger partial charge in [-0.25, -0.2) is 9.78 Å².